The van der Waals surface area contributed by atoms with Gasteiger partial charge in [-0.2, -0.15) is 4.31 Å². The lowest BCUT2D eigenvalue weighted by atomic mass is 10.1. The van der Waals surface area contributed by atoms with Gasteiger partial charge in [-0.15, -0.1) is 0 Å². The van der Waals surface area contributed by atoms with Crippen LogP contribution in [0.3, 0.4) is 0 Å². The van der Waals surface area contributed by atoms with Crippen LogP contribution in [-0.2, 0) is 14.8 Å². The summed E-state index contributed by atoms with van der Waals surface area (Å²) < 4.78 is 37.6. The van der Waals surface area contributed by atoms with Crippen molar-refractivity contribution < 1.29 is 23.0 Å². The third-order valence-corrected chi connectivity index (χ3v) is 8.98. The standard InChI is InChI=1S/C26H40N6O5S.C2H6/c1-4-38(34,35)32-12-10-31(11-13-32)25-17-24(30(3)21-8-14-36-15-9-21)28-26(29-25)20-6-5-7-23(16-20)37-19-22(33)18-27-2;1-2/h5-7,16-17,21-22,27,33H,4,8-15,18-19H2,1-3H3;1-2H3. The van der Waals surface area contributed by atoms with Gasteiger partial charge in [-0.05, 0) is 38.9 Å². The minimum absolute atomic E-state index is 0.106. The molecule has 4 rings (SSSR count). The number of likely N-dealkylation sites (N-methyl/N-ethyl adjacent to an activating group) is 1. The molecule has 2 saturated heterocycles. The Morgan fingerprint density at radius 2 is 1.85 bits per heavy atom. The number of ether oxygens (including phenoxy) is 2. The molecule has 12 heteroatoms. The van der Waals surface area contributed by atoms with Crippen molar-refractivity contribution in [1.82, 2.24) is 19.6 Å². The summed E-state index contributed by atoms with van der Waals surface area (Å²) in [4.78, 5) is 14.2. The summed E-state index contributed by atoms with van der Waals surface area (Å²) in [5.74, 6) is 2.89. The SMILES string of the molecule is CC.CCS(=O)(=O)N1CCN(c2cc(N(C)C3CCOCC3)nc(-c3cccc(OCC(O)CNC)c3)n2)CC1. The Morgan fingerprint density at radius 1 is 1.15 bits per heavy atom. The van der Waals surface area contributed by atoms with Gasteiger partial charge in [0.05, 0.1) is 5.75 Å². The van der Waals surface area contributed by atoms with Gasteiger partial charge in [0.15, 0.2) is 5.82 Å². The van der Waals surface area contributed by atoms with Gasteiger partial charge in [-0.3, -0.25) is 0 Å². The second-order valence-electron chi connectivity index (χ2n) is 9.70. The average molecular weight is 579 g/mol. The van der Waals surface area contributed by atoms with E-state index >= 15 is 0 Å². The smallest absolute Gasteiger partial charge is 0.213 e. The van der Waals surface area contributed by atoms with Crippen LogP contribution in [-0.4, -0.2) is 112 Å². The number of benzene rings is 1. The third kappa shape index (κ3) is 8.50. The van der Waals surface area contributed by atoms with Crippen molar-refractivity contribution in [3.63, 3.8) is 0 Å². The van der Waals surface area contributed by atoms with E-state index in [4.69, 9.17) is 19.4 Å². The van der Waals surface area contributed by atoms with Crippen LogP contribution in [0.25, 0.3) is 11.4 Å². The Kier molecular flexibility index (Phi) is 12.4. The molecule has 2 aliphatic heterocycles. The van der Waals surface area contributed by atoms with E-state index in [2.05, 4.69) is 22.2 Å². The molecule has 0 amide bonds. The molecule has 11 nitrogen and oxygen atoms in total. The second kappa shape index (κ2) is 15.5. The fourth-order valence-corrected chi connectivity index (χ4v) is 5.83. The first-order chi connectivity index (χ1) is 19.3. The van der Waals surface area contributed by atoms with E-state index in [1.54, 1.807) is 18.3 Å². The molecule has 0 aliphatic carbocycles. The lowest BCUT2D eigenvalue weighted by Gasteiger charge is -2.36. The molecular formula is C28H46N6O5S. The number of aliphatic hydroxyl groups is 1. The lowest BCUT2D eigenvalue weighted by Crippen LogP contribution is -2.49. The zero-order chi connectivity index (χ0) is 29.1. The van der Waals surface area contributed by atoms with Crippen molar-refractivity contribution >= 4 is 21.7 Å². The molecular weight excluding hydrogens is 532 g/mol. The number of anilines is 2. The van der Waals surface area contributed by atoms with Crippen LogP contribution >= 0.6 is 0 Å². The molecule has 0 bridgehead atoms. The topological polar surface area (TPSA) is 120 Å². The quantitative estimate of drug-likeness (QED) is 0.411. The summed E-state index contributed by atoms with van der Waals surface area (Å²) in [6, 6.07) is 9.88. The molecule has 2 fully saturated rings. The van der Waals surface area contributed by atoms with Crippen molar-refractivity contribution in [2.75, 3.05) is 82.2 Å². The lowest BCUT2D eigenvalue weighted by molar-refractivity contribution is 0.0853. The number of aromatic nitrogens is 2. The molecule has 2 aliphatic rings. The zero-order valence-corrected chi connectivity index (χ0v) is 25.4. The van der Waals surface area contributed by atoms with E-state index in [0.717, 1.165) is 43.3 Å². The van der Waals surface area contributed by atoms with Crippen LogP contribution in [0.2, 0.25) is 0 Å². The number of nitrogens with zero attached hydrogens (tertiary/aromatic N) is 5. The van der Waals surface area contributed by atoms with Crippen LogP contribution in [0.4, 0.5) is 11.6 Å². The largest absolute Gasteiger partial charge is 0.491 e. The number of hydrogen-bond acceptors (Lipinski definition) is 10. The monoisotopic (exact) mass is 578 g/mol. The first kappa shape index (κ1) is 32.0. The molecule has 224 valence electrons. The van der Waals surface area contributed by atoms with Crippen LogP contribution < -0.4 is 19.9 Å². The van der Waals surface area contributed by atoms with Crippen LogP contribution in [0.5, 0.6) is 5.75 Å². The minimum Gasteiger partial charge on any atom is -0.491 e. The van der Waals surface area contributed by atoms with Gasteiger partial charge in [0, 0.05) is 70.7 Å². The van der Waals surface area contributed by atoms with E-state index in [1.807, 2.05) is 44.2 Å². The fraction of sp³-hybridized carbons (Fsp3) is 0.643. The Balaban J connectivity index is 0.00000216. The maximum Gasteiger partial charge on any atom is 0.213 e. The molecule has 1 atom stereocenters. The average Bonchev–Trinajstić information content (AvgIpc) is 3.01. The van der Waals surface area contributed by atoms with Crippen molar-refractivity contribution in [2.45, 2.75) is 45.8 Å². The maximum atomic E-state index is 12.4. The number of rotatable bonds is 11. The predicted molar refractivity (Wildman–Crippen MR) is 160 cm³/mol. The molecule has 40 heavy (non-hydrogen) atoms. The predicted octanol–water partition coefficient (Wildman–Crippen LogP) is 2.22. The second-order valence-corrected chi connectivity index (χ2v) is 12.0. The summed E-state index contributed by atoms with van der Waals surface area (Å²) in [5.41, 5.74) is 0.807. The van der Waals surface area contributed by atoms with Crippen molar-refractivity contribution in [3.8, 4) is 17.1 Å². The van der Waals surface area contributed by atoms with E-state index in [0.29, 0.717) is 50.3 Å². The van der Waals surface area contributed by atoms with Crippen LogP contribution in [0, 0.1) is 0 Å². The fourth-order valence-electron chi connectivity index (χ4n) is 4.74. The molecule has 0 spiro atoms. The third-order valence-electron chi connectivity index (χ3n) is 7.09. The van der Waals surface area contributed by atoms with E-state index in [9.17, 15) is 13.5 Å². The first-order valence-corrected chi connectivity index (χ1v) is 15.9. The summed E-state index contributed by atoms with van der Waals surface area (Å²) in [6.45, 7) is 9.73. The van der Waals surface area contributed by atoms with Gasteiger partial charge in [0.2, 0.25) is 10.0 Å². The summed E-state index contributed by atoms with van der Waals surface area (Å²) in [6.07, 6.45) is 1.24. The van der Waals surface area contributed by atoms with Gasteiger partial charge < -0.3 is 29.7 Å². The molecule has 2 N–H and O–H groups in total. The minimum atomic E-state index is -3.22. The molecule has 2 aromatic rings. The van der Waals surface area contributed by atoms with Gasteiger partial charge in [-0.1, -0.05) is 26.0 Å². The molecule has 0 radical (unpaired) electrons. The molecule has 1 aromatic heterocycles. The van der Waals surface area contributed by atoms with Crippen LogP contribution in [0.15, 0.2) is 30.3 Å². The number of sulfonamides is 1. The highest BCUT2D eigenvalue weighted by atomic mass is 32.2. The van der Waals surface area contributed by atoms with E-state index in [-0.39, 0.29) is 12.4 Å². The highest BCUT2D eigenvalue weighted by Crippen LogP contribution is 2.29. The van der Waals surface area contributed by atoms with Crippen molar-refractivity contribution in [3.05, 3.63) is 30.3 Å². The highest BCUT2D eigenvalue weighted by molar-refractivity contribution is 7.89. The highest BCUT2D eigenvalue weighted by Gasteiger charge is 2.28. The molecule has 0 saturated carbocycles. The summed E-state index contributed by atoms with van der Waals surface area (Å²) in [7, 11) is 0.623. The summed E-state index contributed by atoms with van der Waals surface area (Å²) in [5, 5.41) is 12.9. The normalized spacial score (nSPS) is 17.6. The van der Waals surface area contributed by atoms with Crippen LogP contribution in [0.1, 0.15) is 33.6 Å². The maximum absolute atomic E-state index is 12.4. The van der Waals surface area contributed by atoms with E-state index in [1.165, 1.54) is 0 Å². The Labute approximate surface area is 239 Å². The number of nitrogens with one attached hydrogen (secondary N) is 1. The molecule has 1 unspecified atom stereocenters. The number of hydrogen-bond donors (Lipinski definition) is 2. The Hall–Kier alpha value is -2.51. The Bertz CT molecular complexity index is 1150. The van der Waals surface area contributed by atoms with E-state index < -0.39 is 16.1 Å². The van der Waals surface area contributed by atoms with Crippen molar-refractivity contribution in [1.29, 1.82) is 0 Å². The number of aliphatic hydroxyl groups excluding tert-OH is 1. The van der Waals surface area contributed by atoms with Crippen molar-refractivity contribution in [2.24, 2.45) is 0 Å². The van der Waals surface area contributed by atoms with Gasteiger partial charge in [0.1, 0.15) is 30.1 Å². The Morgan fingerprint density at radius 3 is 2.50 bits per heavy atom. The van der Waals surface area contributed by atoms with Gasteiger partial charge in [-0.25, -0.2) is 18.4 Å². The van der Waals surface area contributed by atoms with Gasteiger partial charge in [0.25, 0.3) is 0 Å². The summed E-state index contributed by atoms with van der Waals surface area (Å²) >= 11 is 0. The molecule has 3 heterocycles. The van der Waals surface area contributed by atoms with Gasteiger partial charge >= 0.3 is 0 Å². The first-order valence-electron chi connectivity index (χ1n) is 14.3. The number of piperazine rings is 1. The molecule has 1 aromatic carbocycles. The zero-order valence-electron chi connectivity index (χ0n) is 24.5.